The number of nitrogens with one attached hydrogen (secondary N) is 2. The standard InChI is InChI=1S/C14H11N3O3/c1-7-2-3-11(18)9(4-7)12(19)8-5-10-13(15-6-8)16-17-14(10)20/h2-6,18H,1H3,(H2,15,16,17,20). The van der Waals surface area contributed by atoms with Gasteiger partial charge in [0.15, 0.2) is 11.4 Å². The lowest BCUT2D eigenvalue weighted by molar-refractivity contribution is 0.103. The van der Waals surface area contributed by atoms with Crippen LogP contribution in [-0.2, 0) is 0 Å². The molecule has 3 aromatic rings. The number of hydrogen-bond acceptors (Lipinski definition) is 4. The number of hydrogen-bond donors (Lipinski definition) is 3. The van der Waals surface area contributed by atoms with Gasteiger partial charge in [-0.05, 0) is 25.1 Å². The summed E-state index contributed by atoms with van der Waals surface area (Å²) in [5.41, 5.74) is 1.36. The fraction of sp³-hybridized carbons (Fsp3) is 0.0714. The van der Waals surface area contributed by atoms with Crippen molar-refractivity contribution in [2.45, 2.75) is 6.92 Å². The zero-order valence-corrected chi connectivity index (χ0v) is 10.6. The number of phenolic OH excluding ortho intramolecular Hbond substituents is 1. The quantitative estimate of drug-likeness (QED) is 0.614. The van der Waals surface area contributed by atoms with Crippen molar-refractivity contribution in [1.29, 1.82) is 0 Å². The van der Waals surface area contributed by atoms with Gasteiger partial charge in [0, 0.05) is 11.8 Å². The van der Waals surface area contributed by atoms with Gasteiger partial charge in [0.2, 0.25) is 0 Å². The lowest BCUT2D eigenvalue weighted by Crippen LogP contribution is -2.04. The highest BCUT2D eigenvalue weighted by molar-refractivity contribution is 6.11. The fourth-order valence-electron chi connectivity index (χ4n) is 2.03. The molecular weight excluding hydrogens is 258 g/mol. The molecule has 0 saturated carbocycles. The Morgan fingerprint density at radius 1 is 1.25 bits per heavy atom. The monoisotopic (exact) mass is 269 g/mol. The van der Waals surface area contributed by atoms with Crippen molar-refractivity contribution in [2.75, 3.05) is 0 Å². The van der Waals surface area contributed by atoms with E-state index in [0.717, 1.165) is 5.56 Å². The van der Waals surface area contributed by atoms with Crippen LogP contribution in [0.25, 0.3) is 11.0 Å². The van der Waals surface area contributed by atoms with Gasteiger partial charge in [-0.3, -0.25) is 19.8 Å². The summed E-state index contributed by atoms with van der Waals surface area (Å²) in [4.78, 5) is 27.9. The fourth-order valence-corrected chi connectivity index (χ4v) is 2.03. The van der Waals surface area contributed by atoms with E-state index in [1.165, 1.54) is 18.3 Å². The van der Waals surface area contributed by atoms with Crippen molar-refractivity contribution >= 4 is 16.8 Å². The van der Waals surface area contributed by atoms with E-state index in [2.05, 4.69) is 15.2 Å². The van der Waals surface area contributed by atoms with Gasteiger partial charge >= 0.3 is 0 Å². The highest BCUT2D eigenvalue weighted by Crippen LogP contribution is 2.22. The van der Waals surface area contributed by atoms with Gasteiger partial charge in [0.25, 0.3) is 5.56 Å². The average molecular weight is 269 g/mol. The first-order valence-electron chi connectivity index (χ1n) is 5.97. The van der Waals surface area contributed by atoms with Crippen LogP contribution in [-0.4, -0.2) is 26.1 Å². The van der Waals surface area contributed by atoms with Crippen LogP contribution >= 0.6 is 0 Å². The number of fused-ring (bicyclic) bond motifs is 1. The molecule has 3 rings (SSSR count). The Bertz CT molecular complexity index is 877. The Kier molecular flexibility index (Phi) is 2.64. The molecule has 2 aromatic heterocycles. The summed E-state index contributed by atoms with van der Waals surface area (Å²) in [5, 5.41) is 15.1. The van der Waals surface area contributed by atoms with Crippen LogP contribution in [0.15, 0.2) is 35.3 Å². The first-order valence-corrected chi connectivity index (χ1v) is 5.97. The molecule has 1 aromatic carbocycles. The molecule has 0 spiro atoms. The van der Waals surface area contributed by atoms with Gasteiger partial charge in [-0.1, -0.05) is 11.6 Å². The van der Waals surface area contributed by atoms with Gasteiger partial charge in [0.05, 0.1) is 10.9 Å². The van der Waals surface area contributed by atoms with E-state index in [0.29, 0.717) is 11.0 Å². The minimum Gasteiger partial charge on any atom is -0.507 e. The molecule has 0 amide bonds. The van der Waals surface area contributed by atoms with Crippen LogP contribution in [0.5, 0.6) is 5.75 Å². The number of aromatic nitrogens is 3. The number of pyridine rings is 1. The van der Waals surface area contributed by atoms with Crippen molar-refractivity contribution < 1.29 is 9.90 Å². The lowest BCUT2D eigenvalue weighted by atomic mass is 10.0. The number of H-pyrrole nitrogens is 2. The summed E-state index contributed by atoms with van der Waals surface area (Å²) in [7, 11) is 0. The normalized spacial score (nSPS) is 10.8. The highest BCUT2D eigenvalue weighted by Gasteiger charge is 2.15. The van der Waals surface area contributed by atoms with E-state index in [1.54, 1.807) is 12.1 Å². The van der Waals surface area contributed by atoms with Crippen molar-refractivity contribution in [3.8, 4) is 5.75 Å². The molecule has 6 nitrogen and oxygen atoms in total. The number of aromatic amines is 2. The molecule has 0 saturated heterocycles. The largest absolute Gasteiger partial charge is 0.507 e. The van der Waals surface area contributed by atoms with Crippen LogP contribution in [0.1, 0.15) is 21.5 Å². The van der Waals surface area contributed by atoms with Gasteiger partial charge < -0.3 is 5.11 Å². The van der Waals surface area contributed by atoms with E-state index in [9.17, 15) is 14.7 Å². The van der Waals surface area contributed by atoms with Crippen LogP contribution < -0.4 is 5.56 Å². The van der Waals surface area contributed by atoms with Gasteiger partial charge in [-0.15, -0.1) is 0 Å². The molecule has 3 N–H and O–H groups in total. The number of phenols is 1. The summed E-state index contributed by atoms with van der Waals surface area (Å²) >= 11 is 0. The molecular formula is C14H11N3O3. The van der Waals surface area contributed by atoms with Gasteiger partial charge in [-0.25, -0.2) is 4.98 Å². The van der Waals surface area contributed by atoms with Gasteiger partial charge in [0.1, 0.15) is 5.75 Å². The topological polar surface area (TPSA) is 98.8 Å². The van der Waals surface area contributed by atoms with Crippen LogP contribution in [0.2, 0.25) is 0 Å². The van der Waals surface area contributed by atoms with Crippen molar-refractivity contribution in [3.05, 3.63) is 57.5 Å². The number of aryl methyl sites for hydroxylation is 1. The molecule has 6 heteroatoms. The Morgan fingerprint density at radius 2 is 2.05 bits per heavy atom. The van der Waals surface area contributed by atoms with E-state index in [1.807, 2.05) is 6.92 Å². The van der Waals surface area contributed by atoms with Crippen molar-refractivity contribution in [2.24, 2.45) is 0 Å². The molecule has 2 heterocycles. The Balaban J connectivity index is 2.14. The van der Waals surface area contributed by atoms with Crippen LogP contribution in [0.4, 0.5) is 0 Å². The summed E-state index contributed by atoms with van der Waals surface area (Å²) in [6, 6.07) is 6.24. The van der Waals surface area contributed by atoms with Crippen LogP contribution in [0.3, 0.4) is 0 Å². The molecule has 0 aliphatic carbocycles. The minimum atomic E-state index is -0.374. The second-order valence-electron chi connectivity index (χ2n) is 4.55. The SMILES string of the molecule is Cc1ccc(O)c(C(=O)c2cnc3[nH][nH]c(=O)c3c2)c1. The van der Waals surface area contributed by atoms with E-state index in [4.69, 9.17) is 0 Å². The summed E-state index contributed by atoms with van der Waals surface area (Å²) in [5.74, 6) is -0.468. The number of carbonyl (C=O) groups excluding carboxylic acids is 1. The second-order valence-corrected chi connectivity index (χ2v) is 4.55. The molecule has 0 radical (unpaired) electrons. The summed E-state index contributed by atoms with van der Waals surface area (Å²) < 4.78 is 0. The number of rotatable bonds is 2. The highest BCUT2D eigenvalue weighted by atomic mass is 16.3. The predicted molar refractivity (Wildman–Crippen MR) is 73.0 cm³/mol. The summed E-state index contributed by atoms with van der Waals surface area (Å²) in [6.45, 7) is 1.83. The number of carbonyl (C=O) groups is 1. The average Bonchev–Trinajstić information content (AvgIpc) is 2.82. The molecule has 0 aliphatic rings. The zero-order chi connectivity index (χ0) is 14.3. The third-order valence-electron chi connectivity index (χ3n) is 3.09. The van der Waals surface area contributed by atoms with E-state index < -0.39 is 0 Å². The number of benzene rings is 1. The number of nitrogens with zero attached hydrogens (tertiary/aromatic N) is 1. The smallest absolute Gasteiger partial charge is 0.273 e. The third-order valence-corrected chi connectivity index (χ3v) is 3.09. The molecule has 0 atom stereocenters. The Hall–Kier alpha value is -2.89. The van der Waals surface area contributed by atoms with E-state index >= 15 is 0 Å². The van der Waals surface area contributed by atoms with Crippen molar-refractivity contribution in [1.82, 2.24) is 15.2 Å². The van der Waals surface area contributed by atoms with Crippen LogP contribution in [0, 0.1) is 6.92 Å². The zero-order valence-electron chi connectivity index (χ0n) is 10.6. The third kappa shape index (κ3) is 1.87. The summed E-state index contributed by atoms with van der Waals surface area (Å²) in [6.07, 6.45) is 1.37. The maximum Gasteiger partial charge on any atom is 0.273 e. The Labute approximate surface area is 113 Å². The second kappa shape index (κ2) is 4.34. The lowest BCUT2D eigenvalue weighted by Gasteiger charge is -2.04. The molecule has 20 heavy (non-hydrogen) atoms. The van der Waals surface area contributed by atoms with Gasteiger partial charge in [-0.2, -0.15) is 0 Å². The number of aromatic hydroxyl groups is 1. The van der Waals surface area contributed by atoms with Crippen molar-refractivity contribution in [3.63, 3.8) is 0 Å². The first kappa shape index (κ1) is 12.2. The molecule has 0 fully saturated rings. The molecule has 0 unspecified atom stereocenters. The maximum atomic E-state index is 12.4. The number of ketones is 1. The molecule has 100 valence electrons. The minimum absolute atomic E-state index is 0.0938. The first-order chi connectivity index (χ1) is 9.56. The maximum absolute atomic E-state index is 12.4. The molecule has 0 bridgehead atoms. The molecule has 0 aliphatic heterocycles. The Morgan fingerprint density at radius 3 is 2.85 bits per heavy atom. The predicted octanol–water partition coefficient (Wildman–Crippen LogP) is 1.50. The van der Waals surface area contributed by atoms with E-state index in [-0.39, 0.29) is 28.2 Å².